The minimum atomic E-state index is -0.905. The van der Waals surface area contributed by atoms with Crippen molar-refractivity contribution in [3.05, 3.63) is 65.7 Å². The Hall–Kier alpha value is -2.60. The molecule has 0 aliphatic carbocycles. The second-order valence-corrected chi connectivity index (χ2v) is 6.18. The molecule has 1 unspecified atom stereocenters. The molecule has 0 aromatic heterocycles. The van der Waals surface area contributed by atoms with E-state index >= 15 is 0 Å². The topological polar surface area (TPSA) is 66.5 Å². The lowest BCUT2D eigenvalue weighted by Crippen LogP contribution is -2.43. The maximum absolute atomic E-state index is 12.9. The Morgan fingerprint density at radius 3 is 2.26 bits per heavy atom. The van der Waals surface area contributed by atoms with Gasteiger partial charge < -0.3 is 0 Å². The van der Waals surface area contributed by atoms with Crippen LogP contribution in [0.2, 0.25) is 0 Å². The average Bonchev–Trinajstić information content (AvgIpc) is 2.88. The molecular weight excluding hydrogens is 312 g/mol. The van der Waals surface area contributed by atoms with Crippen LogP contribution in [-0.4, -0.2) is 22.4 Å². The van der Waals surface area contributed by atoms with E-state index in [1.54, 1.807) is 36.4 Å². The van der Waals surface area contributed by atoms with E-state index in [1.165, 1.54) is 4.90 Å². The minimum absolute atomic E-state index is 0.322. The number of amides is 3. The first kappa shape index (κ1) is 15.3. The summed E-state index contributed by atoms with van der Waals surface area (Å²) < 4.78 is 0. The average molecular weight is 326 g/mol. The third kappa shape index (κ3) is 3.12. The van der Waals surface area contributed by atoms with E-state index in [-0.39, 0.29) is 5.91 Å². The summed E-state index contributed by atoms with van der Waals surface area (Å²) in [6.07, 6.45) is 0. The summed E-state index contributed by atoms with van der Waals surface area (Å²) >= 11 is 0.809. The molecule has 6 heteroatoms. The van der Waals surface area contributed by atoms with E-state index in [0.717, 1.165) is 17.3 Å². The molecule has 3 amide bonds. The van der Waals surface area contributed by atoms with Gasteiger partial charge in [-0.2, -0.15) is 0 Å². The normalized spacial score (nSPS) is 17.0. The van der Waals surface area contributed by atoms with Crippen molar-refractivity contribution in [3.63, 3.8) is 0 Å². The number of anilines is 1. The van der Waals surface area contributed by atoms with Crippen molar-refractivity contribution in [2.75, 3.05) is 4.90 Å². The van der Waals surface area contributed by atoms with Crippen molar-refractivity contribution in [2.45, 2.75) is 12.3 Å². The largest absolute Gasteiger partial charge is 0.288 e. The number of nitrogens with one attached hydrogen (secondary N) is 1. The van der Waals surface area contributed by atoms with Crippen molar-refractivity contribution in [1.82, 2.24) is 5.32 Å². The quantitative estimate of drug-likeness (QED) is 0.942. The molecule has 1 aliphatic heterocycles. The zero-order chi connectivity index (χ0) is 16.4. The smallest absolute Gasteiger partial charge is 0.286 e. The molecule has 116 valence electrons. The lowest BCUT2D eigenvalue weighted by atomic mass is 10.1. The van der Waals surface area contributed by atoms with Crippen LogP contribution in [0.25, 0.3) is 0 Å². The molecule has 1 heterocycles. The summed E-state index contributed by atoms with van der Waals surface area (Å²) in [5.41, 5.74) is 2.08. The fourth-order valence-electron chi connectivity index (χ4n) is 2.30. The van der Waals surface area contributed by atoms with Crippen molar-refractivity contribution in [3.8, 4) is 0 Å². The van der Waals surface area contributed by atoms with Crippen LogP contribution in [0, 0.1) is 6.92 Å². The molecule has 2 aromatic carbocycles. The van der Waals surface area contributed by atoms with E-state index in [1.807, 2.05) is 25.1 Å². The fourth-order valence-corrected chi connectivity index (χ4v) is 3.15. The van der Waals surface area contributed by atoms with Gasteiger partial charge in [-0.1, -0.05) is 35.9 Å². The van der Waals surface area contributed by atoms with Crippen LogP contribution < -0.4 is 10.2 Å². The molecule has 2 aromatic rings. The standard InChI is InChI=1S/C17H14N2O3S/c1-11-7-9-13(10-8-11)19(16-14(20)18-17(22)23-16)15(21)12-5-3-2-4-6-12/h2-10,16H,1H3,(H,18,20,22). The molecule has 23 heavy (non-hydrogen) atoms. The monoisotopic (exact) mass is 326 g/mol. The lowest BCUT2D eigenvalue weighted by Gasteiger charge is -2.26. The summed E-state index contributed by atoms with van der Waals surface area (Å²) in [6, 6.07) is 16.0. The van der Waals surface area contributed by atoms with Gasteiger partial charge in [0.2, 0.25) is 0 Å². The molecule has 0 radical (unpaired) electrons. The first-order valence-corrected chi connectivity index (χ1v) is 7.91. The van der Waals surface area contributed by atoms with Crippen molar-refractivity contribution >= 4 is 34.5 Å². The number of benzene rings is 2. The second-order valence-electron chi connectivity index (χ2n) is 5.12. The van der Waals surface area contributed by atoms with Gasteiger partial charge in [-0.05, 0) is 43.0 Å². The Balaban J connectivity index is 2.03. The van der Waals surface area contributed by atoms with Crippen molar-refractivity contribution in [2.24, 2.45) is 0 Å². The molecule has 1 saturated heterocycles. The van der Waals surface area contributed by atoms with Gasteiger partial charge >= 0.3 is 0 Å². The third-order valence-corrected chi connectivity index (χ3v) is 4.42. The highest BCUT2D eigenvalue weighted by Gasteiger charge is 2.40. The van der Waals surface area contributed by atoms with Gasteiger partial charge in [-0.25, -0.2) is 0 Å². The predicted octanol–water partition coefficient (Wildman–Crippen LogP) is 2.95. The number of carbonyl (C=O) groups excluding carboxylic acids is 3. The molecule has 1 N–H and O–H groups in total. The van der Waals surface area contributed by atoms with Gasteiger partial charge in [0.05, 0.1) is 0 Å². The molecular formula is C17H14N2O3S. The summed E-state index contributed by atoms with van der Waals surface area (Å²) in [6.45, 7) is 1.94. The molecule has 1 fully saturated rings. The number of hydrogen-bond donors (Lipinski definition) is 1. The Kier molecular flexibility index (Phi) is 4.16. The zero-order valence-electron chi connectivity index (χ0n) is 12.4. The van der Waals surface area contributed by atoms with Crippen LogP contribution in [0.1, 0.15) is 15.9 Å². The zero-order valence-corrected chi connectivity index (χ0v) is 13.2. The first-order valence-electron chi connectivity index (χ1n) is 7.03. The number of hydrogen-bond acceptors (Lipinski definition) is 4. The molecule has 0 bridgehead atoms. The number of carbonyl (C=O) groups is 3. The van der Waals surface area contributed by atoms with Crippen LogP contribution >= 0.6 is 11.8 Å². The Morgan fingerprint density at radius 1 is 1.04 bits per heavy atom. The maximum atomic E-state index is 12.9. The van der Waals surface area contributed by atoms with Gasteiger partial charge in [0.1, 0.15) is 0 Å². The van der Waals surface area contributed by atoms with Gasteiger partial charge in [-0.15, -0.1) is 0 Å². The highest BCUT2D eigenvalue weighted by Crippen LogP contribution is 2.29. The Morgan fingerprint density at radius 2 is 1.70 bits per heavy atom. The van der Waals surface area contributed by atoms with E-state index in [2.05, 4.69) is 5.32 Å². The molecule has 1 aliphatic rings. The van der Waals surface area contributed by atoms with E-state index in [0.29, 0.717) is 11.3 Å². The van der Waals surface area contributed by atoms with Crippen LogP contribution in [-0.2, 0) is 4.79 Å². The number of thioether (sulfide) groups is 1. The predicted molar refractivity (Wildman–Crippen MR) is 89.3 cm³/mol. The second kappa shape index (κ2) is 6.26. The third-order valence-electron chi connectivity index (χ3n) is 3.45. The van der Waals surface area contributed by atoms with Crippen LogP contribution in [0.5, 0.6) is 0 Å². The summed E-state index contributed by atoms with van der Waals surface area (Å²) in [4.78, 5) is 37.8. The van der Waals surface area contributed by atoms with Gasteiger partial charge in [-0.3, -0.25) is 24.6 Å². The number of aryl methyl sites for hydroxylation is 1. The van der Waals surface area contributed by atoms with Gasteiger partial charge in [0.25, 0.3) is 17.1 Å². The van der Waals surface area contributed by atoms with E-state index < -0.39 is 16.5 Å². The van der Waals surface area contributed by atoms with Crippen LogP contribution in [0.3, 0.4) is 0 Å². The summed E-state index contributed by atoms with van der Waals surface area (Å²) in [5, 5.41) is 0.875. The van der Waals surface area contributed by atoms with Crippen LogP contribution in [0.15, 0.2) is 54.6 Å². The number of rotatable bonds is 3. The molecule has 3 rings (SSSR count). The molecule has 0 spiro atoms. The molecule has 0 saturated carbocycles. The minimum Gasteiger partial charge on any atom is -0.286 e. The molecule has 5 nitrogen and oxygen atoms in total. The first-order chi connectivity index (χ1) is 11.1. The maximum Gasteiger partial charge on any atom is 0.288 e. The number of nitrogens with zero attached hydrogens (tertiary/aromatic N) is 1. The fraction of sp³-hybridized carbons (Fsp3) is 0.118. The summed E-state index contributed by atoms with van der Waals surface area (Å²) in [7, 11) is 0. The Bertz CT molecular complexity index is 759. The molecule has 1 atom stereocenters. The highest BCUT2D eigenvalue weighted by atomic mass is 32.2. The van der Waals surface area contributed by atoms with E-state index in [9.17, 15) is 14.4 Å². The van der Waals surface area contributed by atoms with Crippen molar-refractivity contribution < 1.29 is 14.4 Å². The van der Waals surface area contributed by atoms with E-state index in [4.69, 9.17) is 0 Å². The lowest BCUT2D eigenvalue weighted by molar-refractivity contribution is -0.118. The highest BCUT2D eigenvalue weighted by molar-refractivity contribution is 8.15. The summed E-state index contributed by atoms with van der Waals surface area (Å²) in [5.74, 6) is -0.804. The number of imide groups is 1. The van der Waals surface area contributed by atoms with Gasteiger partial charge in [0, 0.05) is 11.3 Å². The van der Waals surface area contributed by atoms with Crippen molar-refractivity contribution in [1.29, 1.82) is 0 Å². The Labute approximate surface area is 137 Å². The van der Waals surface area contributed by atoms with Gasteiger partial charge in [0.15, 0.2) is 5.37 Å². The SMILES string of the molecule is Cc1ccc(N(C(=O)c2ccccc2)C2SC(=O)NC2=O)cc1. The van der Waals surface area contributed by atoms with Crippen LogP contribution in [0.4, 0.5) is 10.5 Å².